The first-order valence-corrected chi connectivity index (χ1v) is 6.78. The average Bonchev–Trinajstić information content (AvgIpc) is 2.42. The smallest absolute Gasteiger partial charge is 0.130 e. The molecule has 2 rings (SSSR count). The largest absolute Gasteiger partial charge is 0.496 e. The molecule has 1 aliphatic heterocycles. The van der Waals surface area contributed by atoms with Gasteiger partial charge in [0.15, 0.2) is 0 Å². The molecule has 100 valence electrons. The molecule has 0 aliphatic carbocycles. The molecule has 1 N–H and O–H groups in total. The Morgan fingerprint density at radius 3 is 2.78 bits per heavy atom. The number of piperidine rings is 1. The van der Waals surface area contributed by atoms with Crippen molar-refractivity contribution in [2.24, 2.45) is 0 Å². The fraction of sp³-hybridized carbons (Fsp3) is 0.600. The minimum Gasteiger partial charge on any atom is -0.496 e. The predicted octanol–water partition coefficient (Wildman–Crippen LogP) is 3.52. The van der Waals surface area contributed by atoms with Gasteiger partial charge in [-0.15, -0.1) is 0 Å². The van der Waals surface area contributed by atoms with E-state index < -0.39 is 0 Å². The Morgan fingerprint density at radius 2 is 2.22 bits per heavy atom. The summed E-state index contributed by atoms with van der Waals surface area (Å²) in [5, 5.41) is 3.49. The highest BCUT2D eigenvalue weighted by atomic mass is 19.1. The lowest BCUT2D eigenvalue weighted by molar-refractivity contribution is 0.387. The van der Waals surface area contributed by atoms with Crippen molar-refractivity contribution >= 4 is 0 Å². The lowest BCUT2D eigenvalue weighted by Gasteiger charge is -2.27. The van der Waals surface area contributed by atoms with Crippen molar-refractivity contribution in [3.63, 3.8) is 0 Å². The molecule has 1 aliphatic rings. The molecule has 1 heterocycles. The molecule has 0 bridgehead atoms. The van der Waals surface area contributed by atoms with E-state index in [-0.39, 0.29) is 11.9 Å². The Balaban J connectivity index is 2.47. The second-order valence-corrected chi connectivity index (χ2v) is 4.94. The second-order valence-electron chi connectivity index (χ2n) is 4.94. The van der Waals surface area contributed by atoms with E-state index in [0.717, 1.165) is 36.3 Å². The molecule has 2 nitrogen and oxygen atoms in total. The van der Waals surface area contributed by atoms with Gasteiger partial charge in [0.1, 0.15) is 11.6 Å². The van der Waals surface area contributed by atoms with E-state index in [1.54, 1.807) is 20.1 Å². The van der Waals surface area contributed by atoms with E-state index in [9.17, 15) is 4.39 Å². The van der Waals surface area contributed by atoms with Gasteiger partial charge in [0, 0.05) is 11.6 Å². The normalized spacial score (nSPS) is 19.9. The van der Waals surface area contributed by atoms with Crippen molar-refractivity contribution in [2.75, 3.05) is 13.7 Å². The van der Waals surface area contributed by atoms with Gasteiger partial charge in [0.25, 0.3) is 0 Å². The SMILES string of the molecule is CCc1c(C2CCCCN2)cc(F)c(C)c1OC. The van der Waals surface area contributed by atoms with Crippen LogP contribution in [0.15, 0.2) is 6.07 Å². The third-order valence-corrected chi connectivity index (χ3v) is 3.85. The summed E-state index contributed by atoms with van der Waals surface area (Å²) in [7, 11) is 1.62. The summed E-state index contributed by atoms with van der Waals surface area (Å²) in [4.78, 5) is 0. The van der Waals surface area contributed by atoms with Crippen LogP contribution in [-0.2, 0) is 6.42 Å². The monoisotopic (exact) mass is 251 g/mol. The van der Waals surface area contributed by atoms with Crippen LogP contribution in [0.25, 0.3) is 0 Å². The number of rotatable bonds is 3. The molecule has 3 heteroatoms. The lowest BCUT2D eigenvalue weighted by atomic mass is 9.90. The van der Waals surface area contributed by atoms with E-state index >= 15 is 0 Å². The molecule has 1 aromatic rings. The minimum atomic E-state index is -0.161. The van der Waals surface area contributed by atoms with Gasteiger partial charge in [-0.3, -0.25) is 0 Å². The summed E-state index contributed by atoms with van der Waals surface area (Å²) in [6, 6.07) is 1.97. The van der Waals surface area contributed by atoms with Gasteiger partial charge in [-0.25, -0.2) is 4.39 Å². The first kappa shape index (κ1) is 13.3. The van der Waals surface area contributed by atoms with Gasteiger partial charge < -0.3 is 10.1 Å². The first-order chi connectivity index (χ1) is 8.69. The molecular weight excluding hydrogens is 229 g/mol. The quantitative estimate of drug-likeness (QED) is 0.887. The summed E-state index contributed by atoms with van der Waals surface area (Å²) in [5.74, 6) is 0.561. The molecule has 0 saturated carbocycles. The Bertz CT molecular complexity index is 425. The van der Waals surface area contributed by atoms with Gasteiger partial charge in [-0.1, -0.05) is 13.3 Å². The lowest BCUT2D eigenvalue weighted by Crippen LogP contribution is -2.28. The van der Waals surface area contributed by atoms with Crippen molar-refractivity contribution in [1.82, 2.24) is 5.32 Å². The fourth-order valence-electron chi connectivity index (χ4n) is 2.87. The average molecular weight is 251 g/mol. The van der Waals surface area contributed by atoms with Gasteiger partial charge in [0.05, 0.1) is 7.11 Å². The molecule has 18 heavy (non-hydrogen) atoms. The Hall–Kier alpha value is -1.09. The number of methoxy groups -OCH3 is 1. The molecule has 0 amide bonds. The summed E-state index contributed by atoms with van der Waals surface area (Å²) >= 11 is 0. The van der Waals surface area contributed by atoms with Crippen LogP contribution in [-0.4, -0.2) is 13.7 Å². The van der Waals surface area contributed by atoms with Crippen LogP contribution in [0, 0.1) is 12.7 Å². The summed E-state index contributed by atoms with van der Waals surface area (Å²) < 4.78 is 19.4. The van der Waals surface area contributed by atoms with Crippen molar-refractivity contribution in [3.8, 4) is 5.75 Å². The van der Waals surface area contributed by atoms with E-state index in [2.05, 4.69) is 12.2 Å². The summed E-state index contributed by atoms with van der Waals surface area (Å²) in [6.07, 6.45) is 4.37. The molecular formula is C15H22FNO. The number of ether oxygens (including phenoxy) is 1. The van der Waals surface area contributed by atoms with Crippen LogP contribution >= 0.6 is 0 Å². The number of halogens is 1. The highest BCUT2D eigenvalue weighted by Gasteiger charge is 2.22. The van der Waals surface area contributed by atoms with Gasteiger partial charge >= 0.3 is 0 Å². The molecule has 0 radical (unpaired) electrons. The molecule has 1 unspecified atom stereocenters. The van der Waals surface area contributed by atoms with Crippen molar-refractivity contribution in [1.29, 1.82) is 0 Å². The van der Waals surface area contributed by atoms with Crippen LogP contribution in [0.2, 0.25) is 0 Å². The van der Waals surface area contributed by atoms with Crippen LogP contribution in [0.3, 0.4) is 0 Å². The van der Waals surface area contributed by atoms with Gasteiger partial charge in [-0.05, 0) is 49.9 Å². The molecule has 1 atom stereocenters. The highest BCUT2D eigenvalue weighted by Crippen LogP contribution is 2.35. The maximum Gasteiger partial charge on any atom is 0.130 e. The van der Waals surface area contributed by atoms with E-state index in [4.69, 9.17) is 4.74 Å². The Labute approximate surface area is 109 Å². The maximum absolute atomic E-state index is 14.0. The Morgan fingerprint density at radius 1 is 1.44 bits per heavy atom. The van der Waals surface area contributed by atoms with E-state index in [1.807, 2.05) is 0 Å². The number of hydrogen-bond donors (Lipinski definition) is 1. The summed E-state index contributed by atoms with van der Waals surface area (Å²) in [6.45, 7) is 4.90. The van der Waals surface area contributed by atoms with Crippen molar-refractivity contribution in [2.45, 2.75) is 45.6 Å². The number of hydrogen-bond acceptors (Lipinski definition) is 2. The molecule has 1 saturated heterocycles. The van der Waals surface area contributed by atoms with Crippen LogP contribution in [0.1, 0.15) is 48.9 Å². The van der Waals surface area contributed by atoms with Crippen molar-refractivity contribution in [3.05, 3.63) is 28.6 Å². The van der Waals surface area contributed by atoms with Crippen LogP contribution in [0.5, 0.6) is 5.75 Å². The van der Waals surface area contributed by atoms with Crippen LogP contribution in [0.4, 0.5) is 4.39 Å². The van der Waals surface area contributed by atoms with Gasteiger partial charge in [-0.2, -0.15) is 0 Å². The third kappa shape index (κ3) is 2.37. The standard InChI is InChI=1S/C15H22FNO/c1-4-11-12(14-7-5-6-8-17-14)9-13(16)10(2)15(11)18-3/h9,14,17H,4-8H2,1-3H3. The zero-order valence-corrected chi connectivity index (χ0v) is 11.5. The van der Waals surface area contributed by atoms with E-state index in [0.29, 0.717) is 5.56 Å². The fourth-order valence-corrected chi connectivity index (χ4v) is 2.87. The molecule has 0 aromatic heterocycles. The third-order valence-electron chi connectivity index (χ3n) is 3.85. The summed E-state index contributed by atoms with van der Waals surface area (Å²) in [5.41, 5.74) is 2.85. The Kier molecular flexibility index (Phi) is 4.23. The topological polar surface area (TPSA) is 21.3 Å². The van der Waals surface area contributed by atoms with Crippen molar-refractivity contribution < 1.29 is 9.13 Å². The molecule has 0 spiro atoms. The number of benzene rings is 1. The zero-order valence-electron chi connectivity index (χ0n) is 11.5. The zero-order chi connectivity index (χ0) is 13.1. The highest BCUT2D eigenvalue weighted by molar-refractivity contribution is 5.48. The predicted molar refractivity (Wildman–Crippen MR) is 71.7 cm³/mol. The first-order valence-electron chi connectivity index (χ1n) is 6.78. The molecule has 1 aromatic carbocycles. The number of nitrogens with one attached hydrogen (secondary N) is 1. The van der Waals surface area contributed by atoms with Crippen LogP contribution < -0.4 is 10.1 Å². The minimum absolute atomic E-state index is 0.161. The second kappa shape index (κ2) is 5.70. The molecule has 1 fully saturated rings. The van der Waals surface area contributed by atoms with E-state index in [1.165, 1.54) is 12.8 Å². The maximum atomic E-state index is 14.0. The van der Waals surface area contributed by atoms with Gasteiger partial charge in [0.2, 0.25) is 0 Å².